The summed E-state index contributed by atoms with van der Waals surface area (Å²) >= 11 is 0. The Labute approximate surface area is 86.1 Å². The van der Waals surface area contributed by atoms with Crippen molar-refractivity contribution in [2.24, 2.45) is 0 Å². The SMILES string of the molecule is CC[C@H](NC(=O)N(C)CC(F)F)C(=O)O. The van der Waals surface area contributed by atoms with E-state index in [1.165, 1.54) is 7.05 Å². The van der Waals surface area contributed by atoms with Crippen molar-refractivity contribution < 1.29 is 23.5 Å². The van der Waals surface area contributed by atoms with Gasteiger partial charge in [-0.15, -0.1) is 0 Å². The average molecular weight is 224 g/mol. The Morgan fingerprint density at radius 2 is 2.00 bits per heavy atom. The van der Waals surface area contributed by atoms with Gasteiger partial charge >= 0.3 is 12.0 Å². The summed E-state index contributed by atoms with van der Waals surface area (Å²) in [4.78, 5) is 22.4. The van der Waals surface area contributed by atoms with Crippen molar-refractivity contribution >= 4 is 12.0 Å². The Kier molecular flexibility index (Phi) is 5.58. The molecule has 0 aromatic rings. The molecule has 0 spiro atoms. The van der Waals surface area contributed by atoms with Gasteiger partial charge in [0.15, 0.2) is 0 Å². The summed E-state index contributed by atoms with van der Waals surface area (Å²) in [6.07, 6.45) is -2.44. The highest BCUT2D eigenvalue weighted by atomic mass is 19.3. The maximum atomic E-state index is 11.9. The standard InChI is InChI=1S/C8H14F2N2O3/c1-3-5(7(13)14)11-8(15)12(2)4-6(9)10/h5-6H,3-4H2,1-2H3,(H,11,15)(H,13,14)/t5-/m0/s1. The highest BCUT2D eigenvalue weighted by Gasteiger charge is 2.21. The van der Waals surface area contributed by atoms with Crippen molar-refractivity contribution in [3.63, 3.8) is 0 Å². The number of carbonyl (C=O) groups is 2. The van der Waals surface area contributed by atoms with E-state index in [-0.39, 0.29) is 6.42 Å². The number of hydrogen-bond donors (Lipinski definition) is 2. The second-order valence-electron chi connectivity index (χ2n) is 3.02. The van der Waals surface area contributed by atoms with Crippen LogP contribution in [0, 0.1) is 0 Å². The van der Waals surface area contributed by atoms with Crippen molar-refractivity contribution in [3.8, 4) is 0 Å². The number of halogens is 2. The lowest BCUT2D eigenvalue weighted by Gasteiger charge is -2.20. The third-order valence-corrected chi connectivity index (χ3v) is 1.76. The Morgan fingerprint density at radius 1 is 1.47 bits per heavy atom. The summed E-state index contributed by atoms with van der Waals surface area (Å²) in [5.74, 6) is -1.18. The number of carbonyl (C=O) groups excluding carboxylic acids is 1. The Hall–Kier alpha value is -1.40. The Morgan fingerprint density at radius 3 is 2.33 bits per heavy atom. The predicted molar refractivity (Wildman–Crippen MR) is 48.9 cm³/mol. The molecule has 0 saturated heterocycles. The van der Waals surface area contributed by atoms with E-state index in [9.17, 15) is 18.4 Å². The third kappa shape index (κ3) is 5.14. The summed E-state index contributed by atoms with van der Waals surface area (Å²) in [7, 11) is 1.18. The molecule has 7 heteroatoms. The van der Waals surface area contributed by atoms with Crippen LogP contribution in [0.15, 0.2) is 0 Å². The minimum Gasteiger partial charge on any atom is -0.480 e. The van der Waals surface area contributed by atoms with Gasteiger partial charge in [0.25, 0.3) is 6.43 Å². The number of nitrogens with one attached hydrogen (secondary N) is 1. The molecule has 0 heterocycles. The van der Waals surface area contributed by atoms with Gasteiger partial charge in [-0.1, -0.05) is 6.92 Å². The lowest BCUT2D eigenvalue weighted by atomic mass is 10.2. The topological polar surface area (TPSA) is 69.6 Å². The maximum absolute atomic E-state index is 11.9. The summed E-state index contributed by atoms with van der Waals surface area (Å²) in [6, 6.07) is -1.86. The maximum Gasteiger partial charge on any atom is 0.326 e. The molecule has 5 nitrogen and oxygen atoms in total. The molecular weight excluding hydrogens is 210 g/mol. The van der Waals surface area contributed by atoms with Gasteiger partial charge in [-0.05, 0) is 6.42 Å². The summed E-state index contributed by atoms with van der Waals surface area (Å²) < 4.78 is 23.8. The van der Waals surface area contributed by atoms with E-state index in [4.69, 9.17) is 5.11 Å². The Bertz CT molecular complexity index is 236. The fourth-order valence-electron chi connectivity index (χ4n) is 0.888. The van der Waals surface area contributed by atoms with Gasteiger partial charge in [0.2, 0.25) is 0 Å². The van der Waals surface area contributed by atoms with Crippen LogP contribution in [0.4, 0.5) is 13.6 Å². The van der Waals surface area contributed by atoms with Crippen LogP contribution < -0.4 is 5.32 Å². The minimum atomic E-state index is -2.63. The number of hydrogen-bond acceptors (Lipinski definition) is 2. The summed E-state index contributed by atoms with van der Waals surface area (Å²) in [6.45, 7) is 0.855. The number of amides is 2. The number of urea groups is 1. The molecule has 0 aliphatic rings. The predicted octanol–water partition coefficient (Wildman–Crippen LogP) is 0.756. The zero-order valence-corrected chi connectivity index (χ0v) is 8.54. The van der Waals surface area contributed by atoms with Crippen molar-refractivity contribution in [3.05, 3.63) is 0 Å². The van der Waals surface area contributed by atoms with Gasteiger partial charge in [-0.3, -0.25) is 0 Å². The molecule has 2 amide bonds. The molecule has 0 aliphatic heterocycles. The molecule has 0 rings (SSSR count). The molecule has 0 aliphatic carbocycles. The molecule has 0 aromatic carbocycles. The van der Waals surface area contributed by atoms with Crippen LogP contribution >= 0.6 is 0 Å². The first-order chi connectivity index (χ1) is 6.88. The number of aliphatic carboxylic acids is 1. The quantitative estimate of drug-likeness (QED) is 0.724. The van der Waals surface area contributed by atoms with Gasteiger partial charge in [0, 0.05) is 7.05 Å². The fraction of sp³-hybridized carbons (Fsp3) is 0.750. The number of carboxylic acid groups (broad SMARTS) is 1. The number of rotatable bonds is 5. The molecular formula is C8H14F2N2O3. The molecule has 0 fully saturated rings. The Balaban J connectivity index is 4.16. The van der Waals surface area contributed by atoms with E-state index in [2.05, 4.69) is 5.32 Å². The highest BCUT2D eigenvalue weighted by molar-refractivity contribution is 5.82. The molecule has 0 bridgehead atoms. The molecule has 0 aromatic heterocycles. The molecule has 1 atom stereocenters. The molecule has 0 saturated carbocycles. The van der Waals surface area contributed by atoms with Crippen LogP contribution in [0.1, 0.15) is 13.3 Å². The van der Waals surface area contributed by atoms with E-state index in [0.717, 1.165) is 4.90 Å². The van der Waals surface area contributed by atoms with Crippen LogP contribution in [0.3, 0.4) is 0 Å². The average Bonchev–Trinajstić information content (AvgIpc) is 2.11. The van der Waals surface area contributed by atoms with Gasteiger partial charge in [0.05, 0.1) is 6.54 Å². The van der Waals surface area contributed by atoms with Crippen molar-refractivity contribution in [2.45, 2.75) is 25.8 Å². The fourth-order valence-corrected chi connectivity index (χ4v) is 0.888. The van der Waals surface area contributed by atoms with E-state index < -0.39 is 31.0 Å². The summed E-state index contributed by atoms with van der Waals surface area (Å²) in [5.41, 5.74) is 0. The van der Waals surface area contributed by atoms with Crippen LogP contribution in [-0.4, -0.2) is 48.1 Å². The zero-order chi connectivity index (χ0) is 12.0. The van der Waals surface area contributed by atoms with E-state index in [1.54, 1.807) is 6.92 Å². The number of alkyl halides is 2. The second-order valence-corrected chi connectivity index (χ2v) is 3.02. The van der Waals surface area contributed by atoms with Crippen molar-refractivity contribution in [1.29, 1.82) is 0 Å². The molecule has 2 N–H and O–H groups in total. The van der Waals surface area contributed by atoms with E-state index >= 15 is 0 Å². The number of nitrogens with zero attached hydrogens (tertiary/aromatic N) is 1. The number of carboxylic acids is 1. The van der Waals surface area contributed by atoms with Gasteiger partial charge in [0.1, 0.15) is 6.04 Å². The third-order valence-electron chi connectivity index (χ3n) is 1.76. The van der Waals surface area contributed by atoms with Crippen LogP contribution in [0.2, 0.25) is 0 Å². The van der Waals surface area contributed by atoms with Crippen LogP contribution in [0.25, 0.3) is 0 Å². The van der Waals surface area contributed by atoms with Crippen LogP contribution in [0.5, 0.6) is 0 Å². The molecule has 88 valence electrons. The smallest absolute Gasteiger partial charge is 0.326 e. The monoisotopic (exact) mass is 224 g/mol. The first kappa shape index (κ1) is 13.6. The molecule has 0 unspecified atom stereocenters. The largest absolute Gasteiger partial charge is 0.480 e. The van der Waals surface area contributed by atoms with Crippen molar-refractivity contribution in [1.82, 2.24) is 10.2 Å². The lowest BCUT2D eigenvalue weighted by Crippen LogP contribution is -2.47. The van der Waals surface area contributed by atoms with Crippen molar-refractivity contribution in [2.75, 3.05) is 13.6 Å². The minimum absolute atomic E-state index is 0.198. The molecule has 0 radical (unpaired) electrons. The van der Waals surface area contributed by atoms with Gasteiger partial charge < -0.3 is 15.3 Å². The highest BCUT2D eigenvalue weighted by Crippen LogP contribution is 1.98. The first-order valence-electron chi connectivity index (χ1n) is 4.41. The van der Waals surface area contributed by atoms with E-state index in [0.29, 0.717) is 0 Å². The summed E-state index contributed by atoms with van der Waals surface area (Å²) in [5, 5.41) is 10.7. The van der Waals surface area contributed by atoms with E-state index in [1.807, 2.05) is 0 Å². The second kappa shape index (κ2) is 6.15. The molecule has 15 heavy (non-hydrogen) atoms. The zero-order valence-electron chi connectivity index (χ0n) is 8.54. The van der Waals surface area contributed by atoms with Crippen LogP contribution in [-0.2, 0) is 4.79 Å². The van der Waals surface area contributed by atoms with Gasteiger partial charge in [-0.2, -0.15) is 0 Å². The lowest BCUT2D eigenvalue weighted by molar-refractivity contribution is -0.139. The first-order valence-corrected chi connectivity index (χ1v) is 4.41. The van der Waals surface area contributed by atoms with Gasteiger partial charge in [-0.25, -0.2) is 18.4 Å². The normalized spacial score (nSPS) is 12.3.